The van der Waals surface area contributed by atoms with Crippen molar-refractivity contribution in [1.29, 1.82) is 0 Å². The van der Waals surface area contributed by atoms with Gasteiger partial charge in [-0.1, -0.05) is 13.8 Å². The maximum atomic E-state index is 10.7. The van der Waals surface area contributed by atoms with Crippen molar-refractivity contribution in [1.82, 2.24) is 0 Å². The van der Waals surface area contributed by atoms with Gasteiger partial charge in [0.25, 0.3) is 0 Å². The second-order valence-electron chi connectivity index (χ2n) is 6.27. The van der Waals surface area contributed by atoms with Crippen LogP contribution in [0.2, 0.25) is 0 Å². The van der Waals surface area contributed by atoms with Gasteiger partial charge in [0, 0.05) is 5.41 Å². The number of aliphatic carboxylic acids is 1. The predicted octanol–water partition coefficient (Wildman–Crippen LogP) is 3.08. The van der Waals surface area contributed by atoms with Gasteiger partial charge >= 0.3 is 5.97 Å². The van der Waals surface area contributed by atoms with E-state index in [4.69, 9.17) is 9.84 Å². The van der Waals surface area contributed by atoms with E-state index in [9.17, 15) is 4.79 Å². The summed E-state index contributed by atoms with van der Waals surface area (Å²) in [6, 6.07) is 0. The fourth-order valence-electron chi connectivity index (χ4n) is 2.81. The van der Waals surface area contributed by atoms with E-state index in [2.05, 4.69) is 13.8 Å². The maximum Gasteiger partial charge on any atom is 0.303 e. The van der Waals surface area contributed by atoms with Crippen molar-refractivity contribution < 1.29 is 14.6 Å². The third kappa shape index (κ3) is 3.44. The molecule has 98 valence electrons. The molecule has 0 aliphatic heterocycles. The summed E-state index contributed by atoms with van der Waals surface area (Å²) in [5, 5.41) is 8.85. The molecule has 3 nitrogen and oxygen atoms in total. The molecular formula is C14H24O3. The Balaban J connectivity index is 1.73. The quantitative estimate of drug-likeness (QED) is 0.803. The Labute approximate surface area is 104 Å². The molecule has 3 unspecified atom stereocenters. The van der Waals surface area contributed by atoms with Crippen LogP contribution < -0.4 is 0 Å². The Bertz CT molecular complexity index is 283. The minimum atomic E-state index is -0.684. The van der Waals surface area contributed by atoms with Crippen molar-refractivity contribution in [3.05, 3.63) is 0 Å². The summed E-state index contributed by atoms with van der Waals surface area (Å²) in [4.78, 5) is 10.7. The summed E-state index contributed by atoms with van der Waals surface area (Å²) in [7, 11) is 0. The van der Waals surface area contributed by atoms with E-state index in [1.165, 1.54) is 6.42 Å². The Morgan fingerprint density at radius 2 is 2.00 bits per heavy atom. The van der Waals surface area contributed by atoms with Gasteiger partial charge in [-0.05, 0) is 43.9 Å². The first-order valence-corrected chi connectivity index (χ1v) is 6.84. The predicted molar refractivity (Wildman–Crippen MR) is 65.8 cm³/mol. The van der Waals surface area contributed by atoms with Crippen LogP contribution in [0.25, 0.3) is 0 Å². The topological polar surface area (TPSA) is 46.5 Å². The van der Waals surface area contributed by atoms with Crippen molar-refractivity contribution in [3.63, 3.8) is 0 Å². The number of carbonyl (C=O) groups is 1. The van der Waals surface area contributed by atoms with Gasteiger partial charge in [0.05, 0.1) is 19.1 Å². The molecule has 17 heavy (non-hydrogen) atoms. The molecule has 0 saturated heterocycles. The second-order valence-corrected chi connectivity index (χ2v) is 6.27. The van der Waals surface area contributed by atoms with Crippen molar-refractivity contribution in [2.45, 2.75) is 58.5 Å². The van der Waals surface area contributed by atoms with Crippen molar-refractivity contribution in [2.75, 3.05) is 6.61 Å². The normalized spacial score (nSPS) is 35.5. The molecular weight excluding hydrogens is 216 g/mol. The molecule has 2 fully saturated rings. The zero-order chi connectivity index (χ0) is 12.5. The average Bonchev–Trinajstić information content (AvgIpc) is 2.99. The maximum absolute atomic E-state index is 10.7. The Kier molecular flexibility index (Phi) is 3.76. The molecule has 0 bridgehead atoms. The molecule has 0 amide bonds. The van der Waals surface area contributed by atoms with Gasteiger partial charge in [-0.25, -0.2) is 0 Å². The largest absolute Gasteiger partial charge is 0.481 e. The van der Waals surface area contributed by atoms with Crippen LogP contribution in [0, 0.1) is 17.3 Å². The van der Waals surface area contributed by atoms with Crippen molar-refractivity contribution >= 4 is 5.97 Å². The van der Waals surface area contributed by atoms with E-state index < -0.39 is 5.97 Å². The van der Waals surface area contributed by atoms with Gasteiger partial charge in [0.1, 0.15) is 0 Å². The van der Waals surface area contributed by atoms with E-state index in [0.717, 1.165) is 37.5 Å². The van der Waals surface area contributed by atoms with E-state index >= 15 is 0 Å². The van der Waals surface area contributed by atoms with Crippen LogP contribution in [0.5, 0.6) is 0 Å². The minimum Gasteiger partial charge on any atom is -0.481 e. The molecule has 2 rings (SSSR count). The fourth-order valence-corrected chi connectivity index (χ4v) is 2.81. The fraction of sp³-hybridized carbons (Fsp3) is 0.929. The van der Waals surface area contributed by atoms with Crippen LogP contribution >= 0.6 is 0 Å². The average molecular weight is 240 g/mol. The summed E-state index contributed by atoms with van der Waals surface area (Å²) in [5.41, 5.74) is -0.0157. The monoisotopic (exact) mass is 240 g/mol. The molecule has 2 saturated carbocycles. The first-order valence-electron chi connectivity index (χ1n) is 6.84. The molecule has 3 atom stereocenters. The van der Waals surface area contributed by atoms with E-state index in [0.29, 0.717) is 12.7 Å². The van der Waals surface area contributed by atoms with Gasteiger partial charge in [-0.15, -0.1) is 0 Å². The molecule has 0 heterocycles. The summed E-state index contributed by atoms with van der Waals surface area (Å²) in [5.74, 6) is 0.865. The van der Waals surface area contributed by atoms with Crippen LogP contribution in [0.15, 0.2) is 0 Å². The van der Waals surface area contributed by atoms with Crippen LogP contribution in [-0.2, 0) is 9.53 Å². The highest BCUT2D eigenvalue weighted by Gasteiger charge is 2.45. The van der Waals surface area contributed by atoms with Crippen LogP contribution in [0.1, 0.15) is 52.4 Å². The molecule has 2 aliphatic rings. The van der Waals surface area contributed by atoms with Gasteiger partial charge in [0.15, 0.2) is 0 Å². The van der Waals surface area contributed by atoms with E-state index in [-0.39, 0.29) is 11.8 Å². The van der Waals surface area contributed by atoms with Gasteiger partial charge < -0.3 is 9.84 Å². The lowest BCUT2D eigenvalue weighted by Gasteiger charge is -2.32. The Morgan fingerprint density at radius 1 is 1.29 bits per heavy atom. The summed E-state index contributed by atoms with van der Waals surface area (Å²) in [6.07, 6.45) is 6.24. The van der Waals surface area contributed by atoms with Gasteiger partial charge in [0.2, 0.25) is 0 Å². The SMILES string of the molecule is CC1CCC(OCC2(CC(=O)O)CC2)CC1C. The Hall–Kier alpha value is -0.570. The number of hydrogen-bond acceptors (Lipinski definition) is 2. The highest BCUT2D eigenvalue weighted by atomic mass is 16.5. The minimum absolute atomic E-state index is 0.0157. The molecule has 3 heteroatoms. The number of carboxylic acid groups (broad SMARTS) is 1. The first-order chi connectivity index (χ1) is 8.01. The lowest BCUT2D eigenvalue weighted by atomic mass is 9.80. The number of hydrogen-bond donors (Lipinski definition) is 1. The third-order valence-electron chi connectivity index (χ3n) is 4.66. The van der Waals surface area contributed by atoms with Crippen LogP contribution in [0.4, 0.5) is 0 Å². The summed E-state index contributed by atoms with van der Waals surface area (Å²) < 4.78 is 5.97. The molecule has 0 aromatic heterocycles. The standard InChI is InChI=1S/C14H24O3/c1-10-3-4-12(7-11(10)2)17-9-14(5-6-14)8-13(15)16/h10-12H,3-9H2,1-2H3,(H,15,16). The van der Waals surface area contributed by atoms with Gasteiger partial charge in [-0.2, -0.15) is 0 Å². The molecule has 0 spiro atoms. The van der Waals surface area contributed by atoms with Gasteiger partial charge in [-0.3, -0.25) is 4.79 Å². The van der Waals surface area contributed by atoms with Crippen molar-refractivity contribution in [3.8, 4) is 0 Å². The highest BCUT2D eigenvalue weighted by molar-refractivity contribution is 5.68. The Morgan fingerprint density at radius 3 is 2.53 bits per heavy atom. The molecule has 0 aromatic rings. The zero-order valence-electron chi connectivity index (χ0n) is 10.9. The van der Waals surface area contributed by atoms with E-state index in [1.54, 1.807) is 0 Å². The number of carboxylic acids is 1. The van der Waals surface area contributed by atoms with Crippen LogP contribution in [0.3, 0.4) is 0 Å². The summed E-state index contributed by atoms with van der Waals surface area (Å²) in [6.45, 7) is 5.27. The number of rotatable bonds is 5. The molecule has 2 aliphatic carbocycles. The molecule has 0 radical (unpaired) electrons. The third-order valence-corrected chi connectivity index (χ3v) is 4.66. The molecule has 1 N–H and O–H groups in total. The smallest absolute Gasteiger partial charge is 0.303 e. The van der Waals surface area contributed by atoms with Crippen LogP contribution in [-0.4, -0.2) is 23.8 Å². The first kappa shape index (κ1) is 12.9. The number of ether oxygens (including phenoxy) is 1. The summed E-state index contributed by atoms with van der Waals surface area (Å²) >= 11 is 0. The lowest BCUT2D eigenvalue weighted by molar-refractivity contribution is -0.139. The van der Waals surface area contributed by atoms with E-state index in [1.807, 2.05) is 0 Å². The molecule has 0 aromatic carbocycles. The highest BCUT2D eigenvalue weighted by Crippen LogP contribution is 2.49. The second kappa shape index (κ2) is 4.97. The lowest BCUT2D eigenvalue weighted by Crippen LogP contribution is -2.29. The van der Waals surface area contributed by atoms with Crippen molar-refractivity contribution in [2.24, 2.45) is 17.3 Å². The zero-order valence-corrected chi connectivity index (χ0v) is 10.9.